The van der Waals surface area contributed by atoms with E-state index in [1.807, 2.05) is 6.07 Å². The summed E-state index contributed by atoms with van der Waals surface area (Å²) in [5.41, 5.74) is 1.44. The van der Waals surface area contributed by atoms with Crippen molar-refractivity contribution in [3.8, 4) is 5.75 Å². The first kappa shape index (κ1) is 8.69. The number of hydrogen-bond acceptors (Lipinski definition) is 3. The molecule has 70 valence electrons. The quantitative estimate of drug-likeness (QED) is 0.728. The lowest BCUT2D eigenvalue weighted by Gasteiger charge is -2.03. The Labute approximate surface area is 81.0 Å². The Morgan fingerprint density at radius 3 is 3.00 bits per heavy atom. The second kappa shape index (κ2) is 3.46. The first-order chi connectivity index (χ1) is 6.83. The van der Waals surface area contributed by atoms with Crippen LogP contribution in [0, 0.1) is 0 Å². The number of aldehydes is 1. The van der Waals surface area contributed by atoms with Crippen LogP contribution in [0.1, 0.15) is 5.56 Å². The van der Waals surface area contributed by atoms with Crippen LogP contribution in [0.25, 0.3) is 10.9 Å². The first-order valence-corrected chi connectivity index (χ1v) is 4.32. The highest BCUT2D eigenvalue weighted by atomic mass is 16.3. The summed E-state index contributed by atoms with van der Waals surface area (Å²) in [5, 5.41) is 10.3. The number of nitrogens with zero attached hydrogens (tertiary/aromatic N) is 1. The van der Waals surface area contributed by atoms with E-state index in [9.17, 15) is 9.90 Å². The van der Waals surface area contributed by atoms with E-state index >= 15 is 0 Å². The lowest BCUT2D eigenvalue weighted by atomic mass is 10.1. The van der Waals surface area contributed by atoms with Crippen molar-refractivity contribution in [2.45, 2.75) is 6.42 Å². The number of aromatic hydroxyl groups is 1. The van der Waals surface area contributed by atoms with Crippen molar-refractivity contribution in [2.75, 3.05) is 0 Å². The monoisotopic (exact) mass is 187 g/mol. The van der Waals surface area contributed by atoms with Crippen LogP contribution in [0.2, 0.25) is 0 Å². The molecule has 0 radical (unpaired) electrons. The molecule has 1 N–H and O–H groups in total. The summed E-state index contributed by atoms with van der Waals surface area (Å²) in [6.07, 6.45) is 2.79. The molecule has 0 saturated carbocycles. The lowest BCUT2D eigenvalue weighted by Crippen LogP contribution is -1.89. The molecule has 3 heteroatoms. The molecule has 0 spiro atoms. The third-order valence-corrected chi connectivity index (χ3v) is 2.14. The Kier molecular flexibility index (Phi) is 2.14. The van der Waals surface area contributed by atoms with Crippen molar-refractivity contribution < 1.29 is 9.90 Å². The zero-order valence-corrected chi connectivity index (χ0v) is 7.47. The third kappa shape index (κ3) is 1.33. The maximum absolute atomic E-state index is 10.4. The third-order valence-electron chi connectivity index (χ3n) is 2.14. The van der Waals surface area contributed by atoms with E-state index in [-0.39, 0.29) is 5.75 Å². The van der Waals surface area contributed by atoms with E-state index < -0.39 is 0 Å². The molecule has 0 fully saturated rings. The van der Waals surface area contributed by atoms with E-state index in [0.29, 0.717) is 11.9 Å². The minimum Gasteiger partial charge on any atom is -0.506 e. The van der Waals surface area contributed by atoms with E-state index in [2.05, 4.69) is 4.98 Å². The number of carbonyl (C=O) groups excluding carboxylic acids is 1. The van der Waals surface area contributed by atoms with Crippen molar-refractivity contribution in [1.82, 2.24) is 4.98 Å². The number of pyridine rings is 1. The molecule has 2 rings (SSSR count). The largest absolute Gasteiger partial charge is 0.506 e. The van der Waals surface area contributed by atoms with E-state index in [1.165, 1.54) is 0 Å². The summed E-state index contributed by atoms with van der Waals surface area (Å²) >= 11 is 0. The molecular formula is C11H9NO2. The van der Waals surface area contributed by atoms with Crippen LogP contribution in [0.4, 0.5) is 0 Å². The topological polar surface area (TPSA) is 50.2 Å². The highest BCUT2D eigenvalue weighted by Crippen LogP contribution is 2.24. The van der Waals surface area contributed by atoms with Crippen molar-refractivity contribution in [1.29, 1.82) is 0 Å². The predicted molar refractivity (Wildman–Crippen MR) is 53.2 cm³/mol. The standard InChI is InChI=1S/C11H9NO2/c13-7-5-8-4-6-12-11-9(8)2-1-3-10(11)14/h1-4,6-7,14H,5H2. The zero-order valence-electron chi connectivity index (χ0n) is 7.47. The highest BCUT2D eigenvalue weighted by molar-refractivity contribution is 5.88. The first-order valence-electron chi connectivity index (χ1n) is 4.32. The van der Waals surface area contributed by atoms with E-state index in [1.54, 1.807) is 24.4 Å². The smallest absolute Gasteiger partial charge is 0.141 e. The molecule has 0 amide bonds. The molecule has 0 atom stereocenters. The fraction of sp³-hybridized carbons (Fsp3) is 0.0909. The minimum atomic E-state index is 0.148. The number of phenols is 1. The summed E-state index contributed by atoms with van der Waals surface area (Å²) in [7, 11) is 0. The Bertz CT molecular complexity index is 480. The molecule has 1 aromatic heterocycles. The van der Waals surface area contributed by atoms with Crippen LogP contribution in [0.15, 0.2) is 30.5 Å². The van der Waals surface area contributed by atoms with Crippen LogP contribution in [0.5, 0.6) is 5.75 Å². The average Bonchev–Trinajstić information content (AvgIpc) is 2.20. The van der Waals surface area contributed by atoms with Gasteiger partial charge in [-0.1, -0.05) is 12.1 Å². The molecule has 0 aliphatic heterocycles. The van der Waals surface area contributed by atoms with Crippen LogP contribution >= 0.6 is 0 Å². The summed E-state index contributed by atoms with van der Waals surface area (Å²) in [4.78, 5) is 14.5. The molecule has 0 unspecified atom stereocenters. The van der Waals surface area contributed by atoms with Gasteiger partial charge >= 0.3 is 0 Å². The minimum absolute atomic E-state index is 0.148. The van der Waals surface area contributed by atoms with Gasteiger partial charge in [0.2, 0.25) is 0 Å². The zero-order chi connectivity index (χ0) is 9.97. The van der Waals surface area contributed by atoms with Gasteiger partial charge in [-0.3, -0.25) is 4.98 Å². The van der Waals surface area contributed by atoms with Gasteiger partial charge in [-0.2, -0.15) is 0 Å². The number of fused-ring (bicyclic) bond motifs is 1. The van der Waals surface area contributed by atoms with Gasteiger partial charge in [0.15, 0.2) is 0 Å². The Morgan fingerprint density at radius 2 is 2.21 bits per heavy atom. The highest BCUT2D eigenvalue weighted by Gasteiger charge is 2.03. The average molecular weight is 187 g/mol. The fourth-order valence-electron chi connectivity index (χ4n) is 1.49. The molecule has 0 saturated heterocycles. The molecule has 3 nitrogen and oxygen atoms in total. The van der Waals surface area contributed by atoms with Crippen LogP contribution in [-0.4, -0.2) is 16.4 Å². The van der Waals surface area contributed by atoms with Gasteiger partial charge in [0.25, 0.3) is 0 Å². The Hall–Kier alpha value is -1.90. The van der Waals surface area contributed by atoms with Crippen molar-refractivity contribution in [3.63, 3.8) is 0 Å². The van der Waals surface area contributed by atoms with Gasteiger partial charge < -0.3 is 9.90 Å². The van der Waals surface area contributed by atoms with Crippen molar-refractivity contribution >= 4 is 17.2 Å². The van der Waals surface area contributed by atoms with Gasteiger partial charge in [-0.05, 0) is 17.7 Å². The summed E-state index contributed by atoms with van der Waals surface area (Å²) in [5.74, 6) is 0.148. The van der Waals surface area contributed by atoms with E-state index in [0.717, 1.165) is 17.2 Å². The molecule has 1 aromatic carbocycles. The number of para-hydroxylation sites is 1. The van der Waals surface area contributed by atoms with Crippen LogP contribution in [-0.2, 0) is 11.2 Å². The van der Waals surface area contributed by atoms with Crippen molar-refractivity contribution in [2.24, 2.45) is 0 Å². The summed E-state index contributed by atoms with van der Waals surface area (Å²) in [6, 6.07) is 6.96. The van der Waals surface area contributed by atoms with Gasteiger partial charge in [-0.25, -0.2) is 0 Å². The number of benzene rings is 1. The maximum atomic E-state index is 10.4. The molecule has 0 bridgehead atoms. The Balaban J connectivity index is 2.74. The normalized spacial score (nSPS) is 10.3. The fourth-order valence-corrected chi connectivity index (χ4v) is 1.49. The SMILES string of the molecule is O=CCc1ccnc2c(O)cccc12. The molecule has 1 heterocycles. The van der Waals surface area contributed by atoms with Gasteiger partial charge in [0.1, 0.15) is 17.6 Å². The number of rotatable bonds is 2. The van der Waals surface area contributed by atoms with Crippen LogP contribution < -0.4 is 0 Å². The second-order valence-corrected chi connectivity index (χ2v) is 3.01. The summed E-state index contributed by atoms with van der Waals surface area (Å²) < 4.78 is 0. The Morgan fingerprint density at radius 1 is 1.36 bits per heavy atom. The summed E-state index contributed by atoms with van der Waals surface area (Å²) in [6.45, 7) is 0. The molecule has 0 aliphatic carbocycles. The van der Waals surface area contributed by atoms with Gasteiger partial charge in [0.05, 0.1) is 0 Å². The number of aromatic nitrogens is 1. The molecule has 2 aromatic rings. The van der Waals surface area contributed by atoms with Crippen molar-refractivity contribution in [3.05, 3.63) is 36.0 Å². The predicted octanol–water partition coefficient (Wildman–Crippen LogP) is 1.68. The van der Waals surface area contributed by atoms with Crippen LogP contribution in [0.3, 0.4) is 0 Å². The van der Waals surface area contributed by atoms with Gasteiger partial charge in [0, 0.05) is 18.0 Å². The maximum Gasteiger partial charge on any atom is 0.141 e. The van der Waals surface area contributed by atoms with E-state index in [4.69, 9.17) is 0 Å². The molecule has 14 heavy (non-hydrogen) atoms. The molecule has 0 aliphatic rings. The molecular weight excluding hydrogens is 178 g/mol. The number of hydrogen-bond donors (Lipinski definition) is 1. The number of phenolic OH excluding ortho intramolecular Hbond substituents is 1. The second-order valence-electron chi connectivity index (χ2n) is 3.01. The van der Waals surface area contributed by atoms with Gasteiger partial charge in [-0.15, -0.1) is 0 Å². The lowest BCUT2D eigenvalue weighted by molar-refractivity contribution is -0.107. The number of carbonyl (C=O) groups is 1.